The van der Waals surface area contributed by atoms with E-state index in [-0.39, 0.29) is 18.9 Å². The second-order valence-electron chi connectivity index (χ2n) is 7.37. The van der Waals surface area contributed by atoms with Gasteiger partial charge in [-0.25, -0.2) is 4.68 Å². The number of carbonyl (C=O) groups is 2. The largest absolute Gasteiger partial charge is 0.497 e. The fraction of sp³-hybridized carbons (Fsp3) is 0.167. The second-order valence-corrected chi connectivity index (χ2v) is 9.05. The van der Waals surface area contributed by atoms with Crippen LogP contribution in [0.4, 0.5) is 0 Å². The lowest BCUT2D eigenvalue weighted by molar-refractivity contribution is -0.137. The van der Waals surface area contributed by atoms with E-state index in [2.05, 4.69) is 0 Å². The summed E-state index contributed by atoms with van der Waals surface area (Å²) in [4.78, 5) is 25.6. The number of nitrogens with zero attached hydrogens (tertiary/aromatic N) is 3. The van der Waals surface area contributed by atoms with E-state index >= 15 is 0 Å². The molecule has 1 amide bonds. The van der Waals surface area contributed by atoms with Gasteiger partial charge in [0.25, 0.3) is 5.91 Å². The van der Waals surface area contributed by atoms with Gasteiger partial charge in [-0.05, 0) is 48.9 Å². The molecule has 0 saturated carbocycles. The number of thioether (sulfide) groups is 1. The first-order valence-corrected chi connectivity index (χ1v) is 11.4. The Balaban J connectivity index is 1.77. The van der Waals surface area contributed by atoms with Crippen LogP contribution in [0.1, 0.15) is 17.5 Å². The topological polar surface area (TPSA) is 84.7 Å². The number of benzene rings is 2. The van der Waals surface area contributed by atoms with Crippen molar-refractivity contribution in [2.75, 3.05) is 13.7 Å². The van der Waals surface area contributed by atoms with Crippen LogP contribution in [0.2, 0.25) is 0 Å². The molecule has 2 aromatic carbocycles. The molecule has 1 aliphatic rings. The molecule has 1 aromatic heterocycles. The van der Waals surface area contributed by atoms with Gasteiger partial charge >= 0.3 is 5.97 Å². The van der Waals surface area contributed by atoms with Crippen LogP contribution in [0.3, 0.4) is 0 Å². The number of thiocarbonyl (C=S) groups is 1. The lowest BCUT2D eigenvalue weighted by Crippen LogP contribution is -2.30. The number of carboxylic acids is 1. The Morgan fingerprint density at radius 3 is 2.67 bits per heavy atom. The number of methoxy groups -OCH3 is 1. The molecule has 0 bridgehead atoms. The van der Waals surface area contributed by atoms with Crippen LogP contribution < -0.4 is 4.74 Å². The molecule has 2 heterocycles. The maximum absolute atomic E-state index is 12.9. The minimum absolute atomic E-state index is 0.0467. The third kappa shape index (κ3) is 4.84. The molecule has 0 aliphatic carbocycles. The highest BCUT2D eigenvalue weighted by atomic mass is 32.2. The van der Waals surface area contributed by atoms with Crippen molar-refractivity contribution < 1.29 is 19.4 Å². The zero-order valence-corrected chi connectivity index (χ0v) is 19.7. The summed E-state index contributed by atoms with van der Waals surface area (Å²) in [6.07, 6.45) is 3.48. The van der Waals surface area contributed by atoms with E-state index < -0.39 is 5.97 Å². The smallest absolute Gasteiger partial charge is 0.305 e. The highest BCUT2D eigenvalue weighted by Crippen LogP contribution is 2.36. The van der Waals surface area contributed by atoms with E-state index in [1.165, 1.54) is 16.7 Å². The third-order valence-electron chi connectivity index (χ3n) is 5.16. The first kappa shape index (κ1) is 22.8. The molecule has 0 radical (unpaired) electrons. The predicted molar refractivity (Wildman–Crippen MR) is 132 cm³/mol. The molecule has 1 N–H and O–H groups in total. The number of hydrogen-bond donors (Lipinski definition) is 1. The minimum Gasteiger partial charge on any atom is -0.497 e. The Morgan fingerprint density at radius 2 is 2.00 bits per heavy atom. The Morgan fingerprint density at radius 1 is 1.24 bits per heavy atom. The number of rotatable bonds is 7. The summed E-state index contributed by atoms with van der Waals surface area (Å²) in [7, 11) is 1.62. The van der Waals surface area contributed by atoms with Crippen LogP contribution in [0, 0.1) is 6.92 Å². The minimum atomic E-state index is -0.977. The van der Waals surface area contributed by atoms with Gasteiger partial charge in [0.05, 0.1) is 24.1 Å². The van der Waals surface area contributed by atoms with Crippen LogP contribution in [0.15, 0.2) is 59.6 Å². The molecule has 33 heavy (non-hydrogen) atoms. The van der Waals surface area contributed by atoms with Crippen molar-refractivity contribution >= 4 is 46.3 Å². The molecular weight excluding hydrogens is 458 g/mol. The summed E-state index contributed by atoms with van der Waals surface area (Å²) in [6.45, 7) is 2.03. The quantitative estimate of drug-likeness (QED) is 0.394. The average molecular weight is 480 g/mol. The van der Waals surface area contributed by atoms with Gasteiger partial charge in [-0.3, -0.25) is 14.5 Å². The van der Waals surface area contributed by atoms with Gasteiger partial charge in [-0.1, -0.05) is 42.2 Å². The SMILES string of the molecule is COc1ccc(-c2nn(-c3ccccc3)cc2C=C2SC(=S)N(CCC(=O)O)C2=O)c(C)c1. The van der Waals surface area contributed by atoms with Crippen molar-refractivity contribution in [1.29, 1.82) is 0 Å². The zero-order valence-electron chi connectivity index (χ0n) is 18.0. The molecule has 9 heteroatoms. The second kappa shape index (κ2) is 9.60. The van der Waals surface area contributed by atoms with Crippen LogP contribution in [0.25, 0.3) is 23.0 Å². The first-order valence-electron chi connectivity index (χ1n) is 10.1. The van der Waals surface area contributed by atoms with Crippen molar-refractivity contribution in [1.82, 2.24) is 14.7 Å². The van der Waals surface area contributed by atoms with Gasteiger partial charge in [0.15, 0.2) is 0 Å². The van der Waals surface area contributed by atoms with Crippen molar-refractivity contribution in [3.63, 3.8) is 0 Å². The summed E-state index contributed by atoms with van der Waals surface area (Å²) in [6, 6.07) is 15.5. The van der Waals surface area contributed by atoms with Crippen molar-refractivity contribution in [3.05, 3.63) is 70.8 Å². The number of aryl methyl sites for hydroxylation is 1. The molecule has 7 nitrogen and oxygen atoms in total. The zero-order chi connectivity index (χ0) is 23.5. The molecule has 4 rings (SSSR count). The number of ether oxygens (including phenoxy) is 1. The lowest BCUT2D eigenvalue weighted by Gasteiger charge is -2.12. The highest BCUT2D eigenvalue weighted by Gasteiger charge is 2.32. The normalized spacial score (nSPS) is 14.8. The van der Waals surface area contributed by atoms with Crippen LogP contribution in [-0.4, -0.2) is 49.6 Å². The average Bonchev–Trinajstić information content (AvgIpc) is 3.33. The summed E-state index contributed by atoms with van der Waals surface area (Å²) < 4.78 is 7.45. The number of amides is 1. The van der Waals surface area contributed by atoms with E-state index in [1.807, 2.05) is 61.7 Å². The van der Waals surface area contributed by atoms with Crippen molar-refractivity contribution in [3.8, 4) is 22.7 Å². The molecule has 1 aliphatic heterocycles. The lowest BCUT2D eigenvalue weighted by atomic mass is 10.0. The molecule has 0 atom stereocenters. The van der Waals surface area contributed by atoms with E-state index in [4.69, 9.17) is 27.2 Å². The van der Waals surface area contributed by atoms with Gasteiger partial charge in [0.1, 0.15) is 15.8 Å². The maximum Gasteiger partial charge on any atom is 0.305 e. The highest BCUT2D eigenvalue weighted by molar-refractivity contribution is 8.26. The van der Waals surface area contributed by atoms with Gasteiger partial charge in [0.2, 0.25) is 0 Å². The summed E-state index contributed by atoms with van der Waals surface area (Å²) in [5, 5.41) is 13.8. The van der Waals surface area contributed by atoms with Crippen LogP contribution in [0.5, 0.6) is 5.75 Å². The Kier molecular flexibility index (Phi) is 6.62. The number of carboxylic acid groups (broad SMARTS) is 1. The molecule has 3 aromatic rings. The fourth-order valence-electron chi connectivity index (χ4n) is 3.49. The Labute approximate surface area is 200 Å². The Bertz CT molecular complexity index is 1270. The van der Waals surface area contributed by atoms with Crippen molar-refractivity contribution in [2.45, 2.75) is 13.3 Å². The van der Waals surface area contributed by atoms with Gasteiger partial charge in [-0.15, -0.1) is 0 Å². The van der Waals surface area contributed by atoms with Crippen LogP contribution >= 0.6 is 24.0 Å². The number of aliphatic carboxylic acids is 1. The molecule has 0 unspecified atom stereocenters. The molecular formula is C24H21N3O4S2. The summed E-state index contributed by atoms with van der Waals surface area (Å²) >= 11 is 6.49. The van der Waals surface area contributed by atoms with Crippen molar-refractivity contribution in [2.24, 2.45) is 0 Å². The first-order chi connectivity index (χ1) is 15.9. The monoisotopic (exact) mass is 479 g/mol. The fourth-order valence-corrected chi connectivity index (χ4v) is 4.78. The summed E-state index contributed by atoms with van der Waals surface area (Å²) in [5.74, 6) is -0.523. The van der Waals surface area contributed by atoms with E-state index in [1.54, 1.807) is 17.9 Å². The Hall–Kier alpha value is -3.43. The predicted octanol–water partition coefficient (Wildman–Crippen LogP) is 4.53. The molecule has 0 spiro atoms. The standard InChI is InChI=1S/C24H21N3O4S2/c1-15-12-18(31-2)8-9-19(15)22-16(14-27(25-22)17-6-4-3-5-7-17)13-20-23(30)26(24(32)33-20)11-10-21(28)29/h3-9,12-14H,10-11H2,1-2H3,(H,28,29). The maximum atomic E-state index is 12.9. The van der Waals surface area contributed by atoms with Crippen LogP contribution in [-0.2, 0) is 9.59 Å². The molecule has 168 valence electrons. The third-order valence-corrected chi connectivity index (χ3v) is 6.54. The van der Waals surface area contributed by atoms with Gasteiger partial charge in [-0.2, -0.15) is 5.10 Å². The summed E-state index contributed by atoms with van der Waals surface area (Å²) in [5.41, 5.74) is 4.26. The van der Waals surface area contributed by atoms with E-state index in [0.717, 1.165) is 33.8 Å². The number of para-hydroxylation sites is 1. The number of hydrogen-bond acceptors (Lipinski definition) is 6. The van der Waals surface area contributed by atoms with E-state index in [9.17, 15) is 9.59 Å². The number of aromatic nitrogens is 2. The number of carbonyl (C=O) groups excluding carboxylic acids is 1. The molecule has 1 fully saturated rings. The van der Waals surface area contributed by atoms with Gasteiger partial charge in [0, 0.05) is 23.9 Å². The van der Waals surface area contributed by atoms with E-state index in [0.29, 0.717) is 9.23 Å². The van der Waals surface area contributed by atoms with Gasteiger partial charge < -0.3 is 9.84 Å². The molecule has 1 saturated heterocycles.